The van der Waals surface area contributed by atoms with Gasteiger partial charge < -0.3 is 9.47 Å². The van der Waals surface area contributed by atoms with Gasteiger partial charge in [0.2, 0.25) is 11.8 Å². The topological polar surface area (TPSA) is 107 Å². The van der Waals surface area contributed by atoms with Crippen molar-refractivity contribution in [3.8, 4) is 5.75 Å². The van der Waals surface area contributed by atoms with Gasteiger partial charge in [-0.1, -0.05) is 43.7 Å². The van der Waals surface area contributed by atoms with Gasteiger partial charge in [0.25, 0.3) is 0 Å². The van der Waals surface area contributed by atoms with E-state index in [1.165, 1.54) is 24.3 Å². The van der Waals surface area contributed by atoms with Crippen LogP contribution in [0, 0.1) is 48.3 Å². The molecule has 1 heterocycles. The van der Waals surface area contributed by atoms with Crippen LogP contribution in [0.1, 0.15) is 53.0 Å². The highest BCUT2D eigenvalue weighted by molar-refractivity contribution is 6.09. The lowest BCUT2D eigenvalue weighted by Gasteiger charge is -2.37. The SMILES string of the molecule is Cc1ccc(C(=O)Oc2ccc(C(=O)COC(=O)C(CC(C)C)N3C(=O)C4C5C=CC(C6CC56)C4C3=O)cc2)cc1. The zero-order valence-electron chi connectivity index (χ0n) is 23.3. The lowest BCUT2D eigenvalue weighted by atomic mass is 9.63. The summed E-state index contributed by atoms with van der Waals surface area (Å²) in [6.07, 6.45) is 5.52. The number of ether oxygens (including phenoxy) is 2. The Balaban J connectivity index is 1.09. The Morgan fingerprint density at radius 1 is 0.854 bits per heavy atom. The van der Waals surface area contributed by atoms with Gasteiger partial charge in [0, 0.05) is 5.56 Å². The molecule has 2 aromatic carbocycles. The number of ketones is 1. The Morgan fingerprint density at radius 3 is 1.98 bits per heavy atom. The number of nitrogens with zero attached hydrogens (tertiary/aromatic N) is 1. The molecule has 0 radical (unpaired) electrons. The van der Waals surface area contributed by atoms with E-state index in [4.69, 9.17) is 9.47 Å². The molecule has 0 N–H and O–H groups in total. The maximum atomic E-state index is 13.6. The van der Waals surface area contributed by atoms with Crippen LogP contribution in [0.2, 0.25) is 0 Å². The number of imide groups is 1. The summed E-state index contributed by atoms with van der Waals surface area (Å²) in [6, 6.07) is 11.9. The van der Waals surface area contributed by atoms with Gasteiger partial charge >= 0.3 is 11.9 Å². The Morgan fingerprint density at radius 2 is 1.41 bits per heavy atom. The summed E-state index contributed by atoms with van der Waals surface area (Å²) >= 11 is 0. The van der Waals surface area contributed by atoms with E-state index in [1.807, 2.05) is 32.9 Å². The molecule has 41 heavy (non-hydrogen) atoms. The van der Waals surface area contributed by atoms with Gasteiger partial charge in [-0.15, -0.1) is 0 Å². The fourth-order valence-corrected chi connectivity index (χ4v) is 6.92. The van der Waals surface area contributed by atoms with Crippen LogP contribution in [0.4, 0.5) is 0 Å². The van der Waals surface area contributed by atoms with Crippen LogP contribution in [0.3, 0.4) is 0 Å². The van der Waals surface area contributed by atoms with Gasteiger partial charge in [0.1, 0.15) is 11.8 Å². The summed E-state index contributed by atoms with van der Waals surface area (Å²) in [5.41, 5.74) is 1.71. The minimum atomic E-state index is -1.06. The van der Waals surface area contributed by atoms with Crippen molar-refractivity contribution in [2.75, 3.05) is 6.61 Å². The average Bonchev–Trinajstić information content (AvgIpc) is 3.74. The van der Waals surface area contributed by atoms with Gasteiger partial charge in [0.05, 0.1) is 17.4 Å². The normalized spacial score (nSPS) is 27.9. The molecule has 4 aliphatic carbocycles. The van der Waals surface area contributed by atoms with Crippen molar-refractivity contribution in [1.82, 2.24) is 4.90 Å². The molecule has 2 amide bonds. The van der Waals surface area contributed by atoms with E-state index in [0.717, 1.165) is 16.9 Å². The van der Waals surface area contributed by atoms with Crippen LogP contribution in [-0.4, -0.2) is 47.1 Å². The van der Waals surface area contributed by atoms with E-state index in [2.05, 4.69) is 12.2 Å². The second-order valence-electron chi connectivity index (χ2n) is 12.2. The number of rotatable bonds is 9. The number of carbonyl (C=O) groups excluding carboxylic acids is 5. The first-order chi connectivity index (χ1) is 19.6. The number of aryl methyl sites for hydroxylation is 1. The number of esters is 2. The molecule has 2 saturated carbocycles. The third-order valence-electron chi connectivity index (χ3n) is 8.99. The van der Waals surface area contributed by atoms with Gasteiger partial charge in [-0.25, -0.2) is 9.59 Å². The monoisotopic (exact) mass is 555 g/mol. The quantitative estimate of drug-likeness (QED) is 0.148. The number of hydrogen-bond donors (Lipinski definition) is 0. The first-order valence-electron chi connectivity index (χ1n) is 14.3. The van der Waals surface area contributed by atoms with Crippen LogP contribution in [-0.2, 0) is 19.1 Å². The number of hydrogen-bond acceptors (Lipinski definition) is 7. The Labute approximate surface area is 238 Å². The Kier molecular flexibility index (Phi) is 6.88. The number of amides is 2. The summed E-state index contributed by atoms with van der Waals surface area (Å²) < 4.78 is 10.8. The maximum absolute atomic E-state index is 13.6. The minimum absolute atomic E-state index is 0.0184. The van der Waals surface area contributed by atoms with Gasteiger partial charge in [-0.3, -0.25) is 19.3 Å². The zero-order chi connectivity index (χ0) is 29.0. The van der Waals surface area contributed by atoms with Gasteiger partial charge in [0.15, 0.2) is 12.4 Å². The van der Waals surface area contributed by atoms with Crippen LogP contribution in [0.5, 0.6) is 5.75 Å². The Hall–Kier alpha value is -4.07. The van der Waals surface area contributed by atoms with E-state index in [0.29, 0.717) is 17.4 Å². The summed E-state index contributed by atoms with van der Waals surface area (Å²) in [6.45, 7) is 5.22. The van der Waals surface area contributed by atoms with Crippen LogP contribution in [0.25, 0.3) is 0 Å². The highest BCUT2D eigenvalue weighted by Crippen LogP contribution is 2.65. The van der Waals surface area contributed by atoms with Crippen LogP contribution in [0.15, 0.2) is 60.7 Å². The van der Waals surface area contributed by atoms with Crippen molar-refractivity contribution < 1.29 is 33.4 Å². The van der Waals surface area contributed by atoms with Gasteiger partial charge in [-0.05, 0) is 85.8 Å². The Bertz CT molecular complexity index is 1400. The molecule has 5 aliphatic rings. The summed E-state index contributed by atoms with van der Waals surface area (Å²) in [5, 5.41) is 0. The van der Waals surface area contributed by atoms with Crippen LogP contribution >= 0.6 is 0 Å². The van der Waals surface area contributed by atoms with E-state index in [-0.39, 0.29) is 47.3 Å². The molecule has 212 valence electrons. The minimum Gasteiger partial charge on any atom is -0.456 e. The second kappa shape index (κ2) is 10.4. The second-order valence-corrected chi connectivity index (χ2v) is 12.2. The van der Waals surface area contributed by atoms with Crippen molar-refractivity contribution in [3.05, 3.63) is 77.4 Å². The van der Waals surface area contributed by atoms with E-state index in [9.17, 15) is 24.0 Å². The number of allylic oxidation sites excluding steroid dienone is 2. The number of likely N-dealkylation sites (tertiary alicyclic amines) is 1. The first-order valence-corrected chi connectivity index (χ1v) is 14.3. The predicted octanol–water partition coefficient (Wildman–Crippen LogP) is 4.41. The highest BCUT2D eigenvalue weighted by Gasteiger charge is 2.68. The molecule has 2 aromatic rings. The molecule has 0 spiro atoms. The largest absolute Gasteiger partial charge is 0.456 e. The molecule has 1 aliphatic heterocycles. The average molecular weight is 556 g/mol. The molecule has 7 atom stereocenters. The maximum Gasteiger partial charge on any atom is 0.343 e. The van der Waals surface area contributed by atoms with Crippen molar-refractivity contribution >= 4 is 29.5 Å². The van der Waals surface area contributed by atoms with E-state index in [1.54, 1.807) is 12.1 Å². The molecule has 0 aromatic heterocycles. The molecule has 3 fully saturated rings. The molecule has 7 unspecified atom stereocenters. The number of benzene rings is 2. The highest BCUT2D eigenvalue weighted by atomic mass is 16.5. The molecule has 8 heteroatoms. The number of carbonyl (C=O) groups is 5. The summed E-state index contributed by atoms with van der Waals surface area (Å²) in [4.78, 5) is 66.8. The third kappa shape index (κ3) is 4.89. The molecular weight excluding hydrogens is 522 g/mol. The third-order valence-corrected chi connectivity index (χ3v) is 8.99. The molecule has 2 bridgehead atoms. The van der Waals surface area contributed by atoms with E-state index < -0.39 is 42.2 Å². The molecule has 7 rings (SSSR count). The van der Waals surface area contributed by atoms with Crippen molar-refractivity contribution in [2.45, 2.75) is 39.7 Å². The smallest absolute Gasteiger partial charge is 0.343 e. The lowest BCUT2D eigenvalue weighted by molar-refractivity contribution is -0.159. The van der Waals surface area contributed by atoms with Crippen molar-refractivity contribution in [1.29, 1.82) is 0 Å². The predicted molar refractivity (Wildman–Crippen MR) is 148 cm³/mol. The fraction of sp³-hybridized carbons (Fsp3) is 0.424. The molecule has 8 nitrogen and oxygen atoms in total. The van der Waals surface area contributed by atoms with Crippen molar-refractivity contribution in [2.24, 2.45) is 41.4 Å². The fourth-order valence-electron chi connectivity index (χ4n) is 6.92. The summed E-state index contributed by atoms with van der Waals surface area (Å²) in [5.74, 6) is -1.73. The zero-order valence-corrected chi connectivity index (χ0v) is 23.3. The van der Waals surface area contributed by atoms with E-state index >= 15 is 0 Å². The lowest BCUT2D eigenvalue weighted by Crippen LogP contribution is -2.47. The standard InChI is InChI=1S/C33H33NO7/c1-17(2)14-26(34-30(36)28-22-12-13-23(25-15-24(22)25)29(28)31(34)37)33(39)40-16-27(35)19-8-10-21(11-9-19)41-32(38)20-6-4-18(3)5-7-20/h4-13,17,22-26,28-29H,14-16H2,1-3H3. The molecule has 1 saturated heterocycles. The summed E-state index contributed by atoms with van der Waals surface area (Å²) in [7, 11) is 0. The van der Waals surface area contributed by atoms with Crippen molar-refractivity contribution in [3.63, 3.8) is 0 Å². The van der Waals surface area contributed by atoms with Gasteiger partial charge in [-0.2, -0.15) is 0 Å². The number of Topliss-reactive ketones (excluding diaryl/α,β-unsaturated/α-hetero) is 1. The molecular formula is C33H33NO7. The van der Waals surface area contributed by atoms with Crippen LogP contribution < -0.4 is 4.74 Å². The first kappa shape index (κ1) is 27.1.